The molecule has 0 fully saturated rings. The first kappa shape index (κ1) is 21.3. The molecule has 6 N–H and O–H groups in total. The highest BCUT2D eigenvalue weighted by Crippen LogP contribution is 1.85. The topological polar surface area (TPSA) is 110 Å². The summed E-state index contributed by atoms with van der Waals surface area (Å²) < 4.78 is 4.83. The molecule has 0 atom stereocenters. The Morgan fingerprint density at radius 3 is 2.06 bits per heavy atom. The second-order valence-electron chi connectivity index (χ2n) is 2.94. The third kappa shape index (κ3) is 25.3. The van der Waals surface area contributed by atoms with Crippen molar-refractivity contribution in [3.8, 4) is 0 Å². The second kappa shape index (κ2) is 17.4. The van der Waals surface area contributed by atoms with Crippen LogP contribution in [-0.4, -0.2) is 31.7 Å². The minimum absolute atomic E-state index is 0. The van der Waals surface area contributed by atoms with Crippen molar-refractivity contribution in [3.05, 3.63) is 0 Å². The van der Waals surface area contributed by atoms with Gasteiger partial charge in [-0.1, -0.05) is 13.3 Å². The van der Waals surface area contributed by atoms with E-state index in [-0.39, 0.29) is 24.3 Å². The van der Waals surface area contributed by atoms with Crippen LogP contribution in [0.25, 0.3) is 0 Å². The van der Waals surface area contributed by atoms with Gasteiger partial charge in [0.05, 0.1) is 0 Å². The number of halogens is 1. The van der Waals surface area contributed by atoms with Gasteiger partial charge in [0, 0.05) is 19.8 Å². The van der Waals surface area contributed by atoms with E-state index in [1.807, 2.05) is 13.8 Å². The third-order valence-electron chi connectivity index (χ3n) is 1.46. The zero-order valence-corrected chi connectivity index (χ0v) is 11.8. The largest absolute Gasteiger partial charge is 0.382 e. The molecule has 0 aromatic carbocycles. The summed E-state index contributed by atoms with van der Waals surface area (Å²) in [5.74, 6) is 0.0358. The maximum Gasteiger partial charge on any atom is 0.195 e. The summed E-state index contributed by atoms with van der Waals surface area (Å²) in [6, 6.07) is 0. The van der Waals surface area contributed by atoms with Gasteiger partial charge in [0.2, 0.25) is 0 Å². The van der Waals surface area contributed by atoms with Crippen LogP contribution in [0.3, 0.4) is 0 Å². The highest BCUT2D eigenvalue weighted by molar-refractivity contribution is 5.95. The minimum Gasteiger partial charge on any atom is -0.382 e. The summed E-state index contributed by atoms with van der Waals surface area (Å²) in [5, 5.41) is 9.20. The summed E-state index contributed by atoms with van der Waals surface area (Å²) in [6.07, 6.45) is 2.08. The van der Waals surface area contributed by atoms with Crippen molar-refractivity contribution in [1.82, 2.24) is 5.32 Å². The number of nitrogens with two attached hydrogens (primary N) is 2. The van der Waals surface area contributed by atoms with E-state index in [0.717, 1.165) is 26.1 Å². The Kier molecular flexibility index (Phi) is 21.8. The molecule has 0 amide bonds. The fourth-order valence-corrected chi connectivity index (χ4v) is 0.739. The van der Waals surface area contributed by atoms with Gasteiger partial charge in [0.25, 0.3) is 0 Å². The number of hydrogen-bond donors (Lipinski definition) is 4. The number of nitrogens with zero attached hydrogens (tertiary/aromatic N) is 1. The molecule has 0 aromatic heterocycles. The average molecular weight is 268 g/mol. The smallest absolute Gasteiger partial charge is 0.195 e. The van der Waals surface area contributed by atoms with E-state index in [4.69, 9.17) is 21.6 Å². The number of aliphatic imine (C=N–C) groups is 1. The van der Waals surface area contributed by atoms with Crippen LogP contribution in [0.2, 0.25) is 0 Å². The Bertz CT molecular complexity index is 197. The van der Waals surface area contributed by atoms with E-state index >= 15 is 0 Å². The number of nitrogens with one attached hydrogen (secondary N) is 2. The third-order valence-corrected chi connectivity index (χ3v) is 1.46. The van der Waals surface area contributed by atoms with Gasteiger partial charge in [-0.3, -0.25) is 15.7 Å². The SMILES string of the molecule is CCCCN=C(N)NC(=N)N.CCOCC.Cl. The van der Waals surface area contributed by atoms with Crippen LogP contribution in [0, 0.1) is 5.41 Å². The molecule has 0 bridgehead atoms. The van der Waals surface area contributed by atoms with E-state index < -0.39 is 0 Å². The molecular weight excluding hydrogens is 242 g/mol. The lowest BCUT2D eigenvalue weighted by Crippen LogP contribution is -2.40. The van der Waals surface area contributed by atoms with Crippen LogP contribution in [0.5, 0.6) is 0 Å². The summed E-state index contributed by atoms with van der Waals surface area (Å²) in [4.78, 5) is 3.92. The van der Waals surface area contributed by atoms with E-state index in [9.17, 15) is 0 Å². The number of rotatable bonds is 5. The molecule has 0 rings (SSSR count). The lowest BCUT2D eigenvalue weighted by molar-refractivity contribution is 0.162. The van der Waals surface area contributed by atoms with Crippen LogP contribution < -0.4 is 16.8 Å². The lowest BCUT2D eigenvalue weighted by atomic mass is 10.3. The zero-order chi connectivity index (χ0) is 12.8. The first-order valence-electron chi connectivity index (χ1n) is 5.57. The molecule has 0 aliphatic heterocycles. The van der Waals surface area contributed by atoms with E-state index in [0.29, 0.717) is 6.54 Å². The summed E-state index contributed by atoms with van der Waals surface area (Å²) in [5.41, 5.74) is 10.3. The molecule has 0 radical (unpaired) electrons. The maximum atomic E-state index is 6.81. The maximum absolute atomic E-state index is 6.81. The van der Waals surface area contributed by atoms with Crippen molar-refractivity contribution in [2.75, 3.05) is 19.8 Å². The number of hydrogen-bond acceptors (Lipinski definition) is 3. The highest BCUT2D eigenvalue weighted by Gasteiger charge is 1.90. The molecule has 7 heteroatoms. The second-order valence-corrected chi connectivity index (χ2v) is 2.94. The fourth-order valence-electron chi connectivity index (χ4n) is 0.739. The number of guanidine groups is 2. The minimum atomic E-state index is -0.178. The fraction of sp³-hybridized carbons (Fsp3) is 0.800. The van der Waals surface area contributed by atoms with Crippen LogP contribution in [0.4, 0.5) is 0 Å². The molecule has 6 nitrogen and oxygen atoms in total. The first-order valence-corrected chi connectivity index (χ1v) is 5.57. The van der Waals surface area contributed by atoms with Gasteiger partial charge in [-0.25, -0.2) is 0 Å². The van der Waals surface area contributed by atoms with Gasteiger partial charge < -0.3 is 16.2 Å². The highest BCUT2D eigenvalue weighted by atomic mass is 35.5. The van der Waals surface area contributed by atoms with Crippen LogP contribution in [0.15, 0.2) is 4.99 Å². The monoisotopic (exact) mass is 267 g/mol. The Labute approximate surface area is 110 Å². The van der Waals surface area contributed by atoms with Crippen LogP contribution >= 0.6 is 12.4 Å². The zero-order valence-electron chi connectivity index (χ0n) is 11.0. The molecule has 0 spiro atoms. The molecule has 104 valence electrons. The predicted octanol–water partition coefficient (Wildman–Crippen LogP) is 1.05. The van der Waals surface area contributed by atoms with Crippen molar-refractivity contribution in [3.63, 3.8) is 0 Å². The molecule has 0 saturated carbocycles. The first-order chi connectivity index (χ1) is 7.58. The van der Waals surface area contributed by atoms with Gasteiger partial charge in [-0.05, 0) is 20.3 Å². The van der Waals surface area contributed by atoms with Crippen molar-refractivity contribution in [2.45, 2.75) is 33.6 Å². The quantitative estimate of drug-likeness (QED) is 0.339. The summed E-state index contributed by atoms with van der Waals surface area (Å²) in [6.45, 7) is 8.42. The Hall–Kier alpha value is -1.01. The Morgan fingerprint density at radius 2 is 1.76 bits per heavy atom. The number of ether oxygens (including phenoxy) is 1. The van der Waals surface area contributed by atoms with Gasteiger partial charge >= 0.3 is 0 Å². The molecule has 0 aliphatic rings. The predicted molar refractivity (Wildman–Crippen MR) is 75.9 cm³/mol. The van der Waals surface area contributed by atoms with Gasteiger partial charge in [-0.15, -0.1) is 12.4 Å². The van der Waals surface area contributed by atoms with Crippen molar-refractivity contribution in [1.29, 1.82) is 5.41 Å². The van der Waals surface area contributed by atoms with Crippen molar-refractivity contribution in [2.24, 2.45) is 16.5 Å². The van der Waals surface area contributed by atoms with Crippen molar-refractivity contribution >= 4 is 24.3 Å². The summed E-state index contributed by atoms with van der Waals surface area (Å²) in [7, 11) is 0. The van der Waals surface area contributed by atoms with Gasteiger partial charge in [0.15, 0.2) is 11.9 Å². The summed E-state index contributed by atoms with van der Waals surface area (Å²) >= 11 is 0. The van der Waals surface area contributed by atoms with Crippen molar-refractivity contribution < 1.29 is 4.74 Å². The molecular formula is C10H26ClN5O. The molecule has 0 heterocycles. The Balaban J connectivity index is -0.000000280. The van der Waals surface area contributed by atoms with Gasteiger partial charge in [0.1, 0.15) is 0 Å². The average Bonchev–Trinajstić information content (AvgIpc) is 2.19. The molecule has 0 saturated heterocycles. The molecule has 17 heavy (non-hydrogen) atoms. The Morgan fingerprint density at radius 1 is 1.24 bits per heavy atom. The standard InChI is InChI=1S/C6H15N5.C4H10O.ClH/c1-2-3-4-10-6(9)11-5(7)8;1-3-5-4-2;/h2-4H2,1H3,(H6,7,8,9,10,11);3-4H2,1-2H3;1H. The van der Waals surface area contributed by atoms with E-state index in [1.165, 1.54) is 0 Å². The molecule has 0 aromatic rings. The molecule has 0 aliphatic carbocycles. The van der Waals surface area contributed by atoms with Gasteiger partial charge in [-0.2, -0.15) is 0 Å². The van der Waals surface area contributed by atoms with E-state index in [1.54, 1.807) is 0 Å². The van der Waals surface area contributed by atoms with E-state index in [2.05, 4.69) is 17.2 Å². The number of unbranched alkanes of at least 4 members (excludes halogenated alkanes) is 1. The lowest BCUT2D eigenvalue weighted by Gasteiger charge is -2.00. The normalized spacial score (nSPS) is 9.71. The van der Waals surface area contributed by atoms with Crippen LogP contribution in [0.1, 0.15) is 33.6 Å². The molecule has 0 unspecified atom stereocenters. The van der Waals surface area contributed by atoms with Crippen LogP contribution in [-0.2, 0) is 4.74 Å².